The first-order chi connectivity index (χ1) is 13.3. The van der Waals surface area contributed by atoms with E-state index in [1.165, 1.54) is 16.7 Å². The van der Waals surface area contributed by atoms with E-state index >= 15 is 0 Å². The van der Waals surface area contributed by atoms with Crippen molar-refractivity contribution in [2.75, 3.05) is 18.1 Å². The van der Waals surface area contributed by atoms with Gasteiger partial charge in [-0.2, -0.15) is 0 Å². The van der Waals surface area contributed by atoms with Gasteiger partial charge in [-0.15, -0.1) is 0 Å². The number of aryl methyl sites for hydroxylation is 1. The lowest BCUT2D eigenvalue weighted by atomic mass is 9.65. The molecular formula is C24H28N2O2. The summed E-state index contributed by atoms with van der Waals surface area (Å²) in [4.78, 5) is 15.7. The van der Waals surface area contributed by atoms with Crippen LogP contribution in [-0.4, -0.2) is 24.6 Å². The Hall–Kier alpha value is -2.17. The monoisotopic (exact) mass is 376 g/mol. The molecule has 3 aliphatic rings. The van der Waals surface area contributed by atoms with Crippen LogP contribution in [0.15, 0.2) is 42.5 Å². The van der Waals surface area contributed by atoms with E-state index in [1.807, 2.05) is 4.90 Å². The number of amides is 1. The number of hydrogen-bond acceptors (Lipinski definition) is 3. The Balaban J connectivity index is 1.85. The number of rotatable bonds is 2. The van der Waals surface area contributed by atoms with Gasteiger partial charge in [-0.25, -0.2) is 0 Å². The summed E-state index contributed by atoms with van der Waals surface area (Å²) in [6.45, 7) is 10.1. The first-order valence-corrected chi connectivity index (χ1v) is 10.3. The third kappa shape index (κ3) is 2.10. The lowest BCUT2D eigenvalue weighted by molar-refractivity contribution is -0.141. The number of nitrogens with one attached hydrogen (secondary N) is 1. The predicted octanol–water partition coefficient (Wildman–Crippen LogP) is 3.86. The van der Waals surface area contributed by atoms with E-state index in [1.54, 1.807) is 0 Å². The van der Waals surface area contributed by atoms with Crippen molar-refractivity contribution in [3.05, 3.63) is 64.7 Å². The van der Waals surface area contributed by atoms with Gasteiger partial charge in [0.1, 0.15) is 0 Å². The van der Waals surface area contributed by atoms with Crippen molar-refractivity contribution in [1.82, 2.24) is 5.32 Å². The van der Waals surface area contributed by atoms with E-state index in [-0.39, 0.29) is 16.9 Å². The van der Waals surface area contributed by atoms with E-state index in [9.17, 15) is 4.79 Å². The fraction of sp³-hybridized carbons (Fsp3) is 0.458. The van der Waals surface area contributed by atoms with E-state index in [4.69, 9.17) is 4.74 Å². The van der Waals surface area contributed by atoms with Crippen molar-refractivity contribution in [3.8, 4) is 0 Å². The number of fused-ring (bicyclic) bond motifs is 1. The van der Waals surface area contributed by atoms with Gasteiger partial charge in [0.05, 0.1) is 12.3 Å². The summed E-state index contributed by atoms with van der Waals surface area (Å²) in [7, 11) is 0. The minimum atomic E-state index is -1.02. The highest BCUT2D eigenvalue weighted by Crippen LogP contribution is 2.58. The molecule has 0 aliphatic carbocycles. The number of ether oxygens (including phenoxy) is 1. The second kappa shape index (κ2) is 5.68. The number of carbonyl (C=O) groups excluding carboxylic acids is 1. The molecule has 0 aromatic heterocycles. The van der Waals surface area contributed by atoms with Gasteiger partial charge in [0.2, 0.25) is 5.72 Å². The molecule has 4 heteroatoms. The molecule has 0 unspecified atom stereocenters. The first kappa shape index (κ1) is 17.9. The quantitative estimate of drug-likeness (QED) is 0.865. The molecule has 1 amide bonds. The van der Waals surface area contributed by atoms with Crippen LogP contribution in [0.25, 0.3) is 0 Å². The van der Waals surface area contributed by atoms with Crippen molar-refractivity contribution in [2.45, 2.75) is 57.2 Å². The molecule has 3 heterocycles. The highest BCUT2D eigenvalue weighted by Gasteiger charge is 2.62. The van der Waals surface area contributed by atoms with Crippen LogP contribution in [0.5, 0.6) is 0 Å². The summed E-state index contributed by atoms with van der Waals surface area (Å²) in [6, 6.07) is 15.2. The van der Waals surface area contributed by atoms with Crippen molar-refractivity contribution < 1.29 is 9.53 Å². The predicted molar refractivity (Wildman–Crippen MR) is 111 cm³/mol. The molecule has 2 atom stereocenters. The minimum Gasteiger partial charge on any atom is -0.346 e. The Bertz CT molecular complexity index is 960. The Morgan fingerprint density at radius 3 is 2.46 bits per heavy atom. The van der Waals surface area contributed by atoms with Gasteiger partial charge >= 0.3 is 0 Å². The van der Waals surface area contributed by atoms with Crippen molar-refractivity contribution in [3.63, 3.8) is 0 Å². The Labute approximate surface area is 166 Å². The Morgan fingerprint density at radius 2 is 1.82 bits per heavy atom. The second-order valence-corrected chi connectivity index (χ2v) is 9.18. The Kier molecular flexibility index (Phi) is 3.63. The number of benzene rings is 2. The van der Waals surface area contributed by atoms with Crippen LogP contribution in [0.3, 0.4) is 0 Å². The third-order valence-electron chi connectivity index (χ3n) is 6.88. The van der Waals surface area contributed by atoms with Crippen LogP contribution < -0.4 is 10.2 Å². The van der Waals surface area contributed by atoms with Crippen molar-refractivity contribution in [2.24, 2.45) is 0 Å². The molecule has 1 spiro atoms. The van der Waals surface area contributed by atoms with Crippen LogP contribution >= 0.6 is 0 Å². The third-order valence-corrected chi connectivity index (χ3v) is 6.88. The van der Waals surface area contributed by atoms with E-state index < -0.39 is 5.72 Å². The first-order valence-electron chi connectivity index (χ1n) is 10.3. The summed E-state index contributed by atoms with van der Waals surface area (Å²) < 4.78 is 6.12. The van der Waals surface area contributed by atoms with Gasteiger partial charge in [0.25, 0.3) is 5.91 Å². The molecular weight excluding hydrogens is 348 g/mol. The summed E-state index contributed by atoms with van der Waals surface area (Å²) in [5.74, 6) is 0.0367. The van der Waals surface area contributed by atoms with E-state index in [0.29, 0.717) is 13.2 Å². The molecule has 1 fully saturated rings. The van der Waals surface area contributed by atoms with Crippen molar-refractivity contribution >= 4 is 11.6 Å². The summed E-state index contributed by atoms with van der Waals surface area (Å²) in [5, 5.41) is 3.40. The minimum absolute atomic E-state index is 0.0367. The summed E-state index contributed by atoms with van der Waals surface area (Å²) in [5.41, 5.74) is 4.35. The zero-order valence-corrected chi connectivity index (χ0v) is 17.1. The smallest absolute Gasteiger partial charge is 0.280 e. The zero-order chi connectivity index (χ0) is 19.7. The van der Waals surface area contributed by atoms with Gasteiger partial charge in [0.15, 0.2) is 0 Å². The van der Waals surface area contributed by atoms with Crippen molar-refractivity contribution in [1.29, 1.82) is 0 Å². The van der Waals surface area contributed by atoms with Crippen LogP contribution in [0.4, 0.5) is 5.69 Å². The molecule has 28 heavy (non-hydrogen) atoms. The second-order valence-electron chi connectivity index (χ2n) is 9.18. The fourth-order valence-corrected chi connectivity index (χ4v) is 5.68. The van der Waals surface area contributed by atoms with Gasteiger partial charge in [-0.1, -0.05) is 50.2 Å². The average molecular weight is 377 g/mol. The van der Waals surface area contributed by atoms with E-state index in [2.05, 4.69) is 75.5 Å². The van der Waals surface area contributed by atoms with Gasteiger partial charge < -0.3 is 9.64 Å². The molecule has 0 saturated carbocycles. The van der Waals surface area contributed by atoms with Crippen LogP contribution in [0, 0.1) is 0 Å². The highest BCUT2D eigenvalue weighted by atomic mass is 16.5. The molecule has 2 aromatic carbocycles. The molecule has 1 N–H and O–H groups in total. The lowest BCUT2D eigenvalue weighted by Gasteiger charge is -2.50. The molecule has 1 saturated heterocycles. The van der Waals surface area contributed by atoms with Crippen LogP contribution in [0.1, 0.15) is 56.4 Å². The molecule has 0 radical (unpaired) electrons. The average Bonchev–Trinajstić information content (AvgIpc) is 3.26. The largest absolute Gasteiger partial charge is 0.346 e. The van der Waals surface area contributed by atoms with Gasteiger partial charge in [0, 0.05) is 23.1 Å². The molecule has 146 valence electrons. The highest BCUT2D eigenvalue weighted by molar-refractivity contribution is 6.09. The molecule has 4 nitrogen and oxygen atoms in total. The molecule has 3 aliphatic heterocycles. The van der Waals surface area contributed by atoms with E-state index in [0.717, 1.165) is 24.1 Å². The maximum absolute atomic E-state index is 13.7. The zero-order valence-electron chi connectivity index (χ0n) is 17.1. The molecule has 2 aromatic rings. The lowest BCUT2D eigenvalue weighted by Crippen LogP contribution is -2.58. The Morgan fingerprint density at radius 1 is 1.11 bits per heavy atom. The summed E-state index contributed by atoms with van der Waals surface area (Å²) >= 11 is 0. The van der Waals surface area contributed by atoms with Gasteiger partial charge in [-0.05, 0) is 49.4 Å². The number of hydrogen-bond donors (Lipinski definition) is 1. The standard InChI is InChI=1S/C24H28N2O2/c1-5-16-13-18-20-19(14-16)24(25-11-12-28-24)21(27)26(20)22(2,3)15-23(18,4)17-9-7-6-8-10-17/h6-10,13-14,25H,5,11-12,15H2,1-4H3/t23-,24+/m0/s1. The van der Waals surface area contributed by atoms with Gasteiger partial charge in [-0.3, -0.25) is 10.1 Å². The maximum Gasteiger partial charge on any atom is 0.280 e. The normalized spacial score (nSPS) is 30.1. The fourth-order valence-electron chi connectivity index (χ4n) is 5.68. The SMILES string of the molecule is CCc1cc2c3c(c1)[C@]1(NCCO1)C(=O)N3C(C)(C)C[C@@]2(C)c1ccccc1. The van der Waals surface area contributed by atoms with Crippen LogP contribution in [0.2, 0.25) is 0 Å². The number of nitrogens with zero attached hydrogens (tertiary/aromatic N) is 1. The number of anilines is 1. The maximum atomic E-state index is 13.7. The summed E-state index contributed by atoms with van der Waals surface area (Å²) in [6.07, 6.45) is 1.80. The molecule has 0 bridgehead atoms. The molecule has 5 rings (SSSR count). The number of carbonyl (C=O) groups is 1. The van der Waals surface area contributed by atoms with Crippen LogP contribution in [-0.2, 0) is 27.1 Å². The topological polar surface area (TPSA) is 41.6 Å².